The number of fused-ring (bicyclic) bond motifs is 1. The van der Waals surface area contributed by atoms with Crippen LogP contribution in [0.2, 0.25) is 0 Å². The number of rotatable bonds is 4. The summed E-state index contributed by atoms with van der Waals surface area (Å²) in [6.45, 7) is 5.22. The number of anilines is 1. The minimum Gasteiger partial charge on any atom is -0.465 e. The van der Waals surface area contributed by atoms with E-state index < -0.39 is 41.5 Å². The number of carbonyl (C=O) groups is 2. The van der Waals surface area contributed by atoms with Crippen LogP contribution in [0.5, 0.6) is 0 Å². The van der Waals surface area contributed by atoms with Crippen LogP contribution in [-0.4, -0.2) is 69.3 Å². The SMILES string of the molecule is COC(=O)c1ccn2c(-c3nc(N[C@H]4CN(C(=O)OC(C)(C)C)CC[C@@H]4F)c(F)cc3F)cnc2c1. The minimum atomic E-state index is -1.40. The van der Waals surface area contributed by atoms with Crippen LogP contribution >= 0.6 is 0 Å². The highest BCUT2D eigenvalue weighted by molar-refractivity contribution is 5.90. The van der Waals surface area contributed by atoms with Gasteiger partial charge in [-0.3, -0.25) is 4.40 Å². The molecule has 4 rings (SSSR count). The van der Waals surface area contributed by atoms with E-state index in [0.717, 1.165) is 0 Å². The maximum absolute atomic E-state index is 14.8. The van der Waals surface area contributed by atoms with Crippen molar-refractivity contribution in [1.82, 2.24) is 19.3 Å². The zero-order valence-electron chi connectivity index (χ0n) is 20.2. The van der Waals surface area contributed by atoms with Gasteiger partial charge < -0.3 is 19.7 Å². The Morgan fingerprint density at radius 1 is 1.19 bits per heavy atom. The molecule has 1 aliphatic rings. The molecule has 0 radical (unpaired) electrons. The summed E-state index contributed by atoms with van der Waals surface area (Å²) >= 11 is 0. The van der Waals surface area contributed by atoms with Crippen molar-refractivity contribution in [3.63, 3.8) is 0 Å². The van der Waals surface area contributed by atoms with Crippen LogP contribution in [0.3, 0.4) is 0 Å². The molecule has 192 valence electrons. The molecule has 1 aliphatic heterocycles. The smallest absolute Gasteiger partial charge is 0.410 e. The van der Waals surface area contributed by atoms with E-state index in [1.807, 2.05) is 0 Å². The van der Waals surface area contributed by atoms with E-state index in [2.05, 4.69) is 15.3 Å². The Labute approximate surface area is 205 Å². The molecule has 1 saturated heterocycles. The maximum atomic E-state index is 14.8. The largest absolute Gasteiger partial charge is 0.465 e. The van der Waals surface area contributed by atoms with Crippen molar-refractivity contribution in [2.75, 3.05) is 25.5 Å². The average Bonchev–Trinajstić information content (AvgIpc) is 3.23. The van der Waals surface area contributed by atoms with Crippen LogP contribution in [0.4, 0.5) is 23.8 Å². The highest BCUT2D eigenvalue weighted by atomic mass is 19.1. The summed E-state index contributed by atoms with van der Waals surface area (Å²) in [4.78, 5) is 33.8. The first kappa shape index (κ1) is 25.3. The van der Waals surface area contributed by atoms with Gasteiger partial charge in [0.25, 0.3) is 0 Å². The number of alkyl halides is 1. The lowest BCUT2D eigenvalue weighted by Gasteiger charge is -2.36. The van der Waals surface area contributed by atoms with Gasteiger partial charge in [-0.25, -0.2) is 32.7 Å². The number of piperidine rings is 1. The van der Waals surface area contributed by atoms with Crippen molar-refractivity contribution in [3.05, 3.63) is 47.8 Å². The summed E-state index contributed by atoms with van der Waals surface area (Å²) in [7, 11) is 1.25. The summed E-state index contributed by atoms with van der Waals surface area (Å²) < 4.78 is 55.7. The molecule has 0 bridgehead atoms. The molecule has 12 heteroatoms. The standard InChI is InChI=1S/C24H26F3N5O4/c1-24(2,3)36-23(34)31-7-6-14(25)17(12-31)29-21-16(27)10-15(26)20(30-21)18-11-28-19-9-13(22(33)35-4)5-8-32(18)19/h5,8-11,14,17H,6-7,12H2,1-4H3,(H,29,30)/t14-,17-/m0/s1. The van der Waals surface area contributed by atoms with E-state index in [-0.39, 0.29) is 42.3 Å². The first-order valence-corrected chi connectivity index (χ1v) is 11.3. The van der Waals surface area contributed by atoms with E-state index in [4.69, 9.17) is 9.47 Å². The summed E-state index contributed by atoms with van der Waals surface area (Å²) in [6.07, 6.45) is 0.825. The van der Waals surface area contributed by atoms with Gasteiger partial charge in [0.2, 0.25) is 0 Å². The number of hydrogen-bond donors (Lipinski definition) is 1. The van der Waals surface area contributed by atoms with E-state index in [9.17, 15) is 22.8 Å². The minimum absolute atomic E-state index is 0.0162. The van der Waals surface area contributed by atoms with Gasteiger partial charge in [-0.1, -0.05) is 0 Å². The second kappa shape index (κ2) is 9.67. The van der Waals surface area contributed by atoms with Crippen LogP contribution in [0, 0.1) is 11.6 Å². The number of nitrogens with zero attached hydrogens (tertiary/aromatic N) is 4. The van der Waals surface area contributed by atoms with Crippen molar-refractivity contribution in [1.29, 1.82) is 0 Å². The van der Waals surface area contributed by atoms with Gasteiger partial charge in [-0.15, -0.1) is 0 Å². The lowest BCUT2D eigenvalue weighted by molar-refractivity contribution is 0.0150. The Kier molecular flexibility index (Phi) is 6.79. The fourth-order valence-electron chi connectivity index (χ4n) is 3.88. The van der Waals surface area contributed by atoms with E-state index >= 15 is 0 Å². The Bertz CT molecular complexity index is 1310. The zero-order chi connectivity index (χ0) is 26.2. The molecular formula is C24H26F3N5O4. The Morgan fingerprint density at radius 3 is 2.64 bits per heavy atom. The van der Waals surface area contributed by atoms with Gasteiger partial charge in [0.1, 0.15) is 23.1 Å². The van der Waals surface area contributed by atoms with Gasteiger partial charge in [-0.2, -0.15) is 0 Å². The molecule has 9 nitrogen and oxygen atoms in total. The van der Waals surface area contributed by atoms with Crippen molar-refractivity contribution in [3.8, 4) is 11.4 Å². The number of carbonyl (C=O) groups excluding carboxylic acids is 2. The molecule has 0 unspecified atom stereocenters. The second-order valence-corrected chi connectivity index (χ2v) is 9.41. The normalized spacial score (nSPS) is 18.2. The van der Waals surface area contributed by atoms with Gasteiger partial charge in [0, 0.05) is 25.4 Å². The van der Waals surface area contributed by atoms with E-state index in [1.54, 1.807) is 20.8 Å². The summed E-state index contributed by atoms with van der Waals surface area (Å²) in [6, 6.07) is 2.58. The molecule has 0 spiro atoms. The van der Waals surface area contributed by atoms with Gasteiger partial charge >= 0.3 is 12.1 Å². The van der Waals surface area contributed by atoms with Crippen LogP contribution in [0.15, 0.2) is 30.6 Å². The van der Waals surface area contributed by atoms with Gasteiger partial charge in [-0.05, 0) is 39.3 Å². The number of hydrogen-bond acceptors (Lipinski definition) is 7. The molecule has 3 aromatic heterocycles. The summed E-state index contributed by atoms with van der Waals surface area (Å²) in [5.74, 6) is -2.90. The maximum Gasteiger partial charge on any atom is 0.410 e. The lowest BCUT2D eigenvalue weighted by atomic mass is 10.0. The Morgan fingerprint density at radius 2 is 1.94 bits per heavy atom. The molecular weight excluding hydrogens is 479 g/mol. The summed E-state index contributed by atoms with van der Waals surface area (Å²) in [5, 5.41) is 2.69. The van der Waals surface area contributed by atoms with E-state index in [0.29, 0.717) is 11.7 Å². The second-order valence-electron chi connectivity index (χ2n) is 9.41. The monoisotopic (exact) mass is 505 g/mol. The number of pyridine rings is 2. The number of aromatic nitrogens is 3. The Hall–Kier alpha value is -3.83. The third kappa shape index (κ3) is 5.21. The van der Waals surface area contributed by atoms with Crippen molar-refractivity contribution < 1.29 is 32.2 Å². The van der Waals surface area contributed by atoms with Crippen LogP contribution in [-0.2, 0) is 9.47 Å². The Balaban J connectivity index is 1.61. The molecule has 1 fully saturated rings. The molecule has 1 amide bonds. The topological polar surface area (TPSA) is 98.1 Å². The number of imidazole rings is 1. The first-order chi connectivity index (χ1) is 17.0. The van der Waals surface area contributed by atoms with Crippen molar-refractivity contribution in [2.24, 2.45) is 0 Å². The number of amides is 1. The third-order valence-corrected chi connectivity index (χ3v) is 5.61. The van der Waals surface area contributed by atoms with Gasteiger partial charge in [0.05, 0.1) is 30.6 Å². The third-order valence-electron chi connectivity index (χ3n) is 5.61. The number of nitrogens with one attached hydrogen (secondary N) is 1. The fourth-order valence-corrected chi connectivity index (χ4v) is 3.88. The predicted molar refractivity (Wildman–Crippen MR) is 124 cm³/mol. The fraction of sp³-hybridized carbons (Fsp3) is 0.417. The number of ether oxygens (including phenoxy) is 2. The van der Waals surface area contributed by atoms with Crippen LogP contribution < -0.4 is 5.32 Å². The molecule has 2 atom stereocenters. The van der Waals surface area contributed by atoms with Crippen LogP contribution in [0.1, 0.15) is 37.6 Å². The van der Waals surface area contributed by atoms with Crippen molar-refractivity contribution >= 4 is 23.5 Å². The van der Waals surface area contributed by atoms with Crippen LogP contribution in [0.25, 0.3) is 17.0 Å². The molecule has 4 heterocycles. The quantitative estimate of drug-likeness (QED) is 0.530. The predicted octanol–water partition coefficient (Wildman–Crippen LogP) is 4.22. The molecule has 0 aromatic carbocycles. The molecule has 36 heavy (non-hydrogen) atoms. The lowest BCUT2D eigenvalue weighted by Crippen LogP contribution is -2.52. The molecule has 1 N–H and O–H groups in total. The average molecular weight is 505 g/mol. The molecule has 0 saturated carbocycles. The summed E-state index contributed by atoms with van der Waals surface area (Å²) in [5.41, 5.74) is -0.197. The van der Waals surface area contributed by atoms with Crippen molar-refractivity contribution in [2.45, 2.75) is 45.0 Å². The van der Waals surface area contributed by atoms with E-state index in [1.165, 1.54) is 40.9 Å². The number of esters is 1. The zero-order valence-corrected chi connectivity index (χ0v) is 20.2. The molecule has 0 aliphatic carbocycles. The number of methoxy groups -OCH3 is 1. The highest BCUT2D eigenvalue weighted by Crippen LogP contribution is 2.28. The first-order valence-electron chi connectivity index (χ1n) is 11.3. The number of likely N-dealkylation sites (tertiary alicyclic amines) is 1. The highest BCUT2D eigenvalue weighted by Gasteiger charge is 2.34. The molecule has 3 aromatic rings. The van der Waals surface area contributed by atoms with Gasteiger partial charge in [0.15, 0.2) is 17.5 Å². The number of halogens is 3.